The molecule has 1 aromatic rings. The highest BCUT2D eigenvalue weighted by atomic mass is 32.1. The van der Waals surface area contributed by atoms with Crippen molar-refractivity contribution >= 4 is 18.5 Å². The zero-order valence-electron chi connectivity index (χ0n) is 10.9. The van der Waals surface area contributed by atoms with E-state index in [1.165, 1.54) is 12.8 Å². The van der Waals surface area contributed by atoms with Crippen LogP contribution < -0.4 is 0 Å². The normalized spacial score (nSPS) is 20.6. The van der Waals surface area contributed by atoms with E-state index in [4.69, 9.17) is 0 Å². The summed E-state index contributed by atoms with van der Waals surface area (Å²) in [5.74, 6) is 0.923. The first-order valence-corrected chi connectivity index (χ1v) is 7.24. The second-order valence-corrected chi connectivity index (χ2v) is 5.50. The van der Waals surface area contributed by atoms with Crippen LogP contribution in [0, 0.1) is 5.92 Å². The number of benzene rings is 1. The third-order valence-corrected chi connectivity index (χ3v) is 4.24. The maximum atomic E-state index is 12.4. The van der Waals surface area contributed by atoms with E-state index in [9.17, 15) is 4.79 Å². The molecule has 1 amide bonds. The van der Waals surface area contributed by atoms with Crippen LogP contribution >= 0.6 is 12.6 Å². The number of hydrogen-bond acceptors (Lipinski definition) is 2. The number of carbonyl (C=O) groups excluding carboxylic acids is 1. The lowest BCUT2D eigenvalue weighted by atomic mass is 9.98. The molecule has 1 heterocycles. The van der Waals surface area contributed by atoms with Crippen molar-refractivity contribution in [1.29, 1.82) is 0 Å². The molecular weight excluding hydrogens is 242 g/mol. The fourth-order valence-electron chi connectivity index (χ4n) is 2.60. The number of hydrogen-bond donors (Lipinski definition) is 1. The molecule has 1 aliphatic heterocycles. The molecule has 1 atom stereocenters. The average Bonchev–Trinajstić information content (AvgIpc) is 2.63. The van der Waals surface area contributed by atoms with Crippen LogP contribution in [0.4, 0.5) is 0 Å². The molecule has 0 aromatic heterocycles. The van der Waals surface area contributed by atoms with E-state index in [1.54, 1.807) is 0 Å². The predicted molar refractivity (Wildman–Crippen MR) is 77.2 cm³/mol. The summed E-state index contributed by atoms with van der Waals surface area (Å²) in [5.41, 5.74) is 0.732. The van der Waals surface area contributed by atoms with Crippen LogP contribution in [0.25, 0.3) is 0 Å². The van der Waals surface area contributed by atoms with Gasteiger partial charge in [0.1, 0.15) is 0 Å². The quantitative estimate of drug-likeness (QED) is 0.808. The highest BCUT2D eigenvalue weighted by molar-refractivity contribution is 7.80. The highest BCUT2D eigenvalue weighted by Gasteiger charge is 2.21. The van der Waals surface area contributed by atoms with Gasteiger partial charge in [-0.3, -0.25) is 4.79 Å². The van der Waals surface area contributed by atoms with E-state index in [0.717, 1.165) is 42.3 Å². The summed E-state index contributed by atoms with van der Waals surface area (Å²) < 4.78 is 0. The lowest BCUT2D eigenvalue weighted by Crippen LogP contribution is -2.32. The molecular formula is C15H21NOS. The monoisotopic (exact) mass is 263 g/mol. The van der Waals surface area contributed by atoms with Crippen LogP contribution in [0.1, 0.15) is 43.0 Å². The van der Waals surface area contributed by atoms with E-state index in [1.807, 2.05) is 29.2 Å². The van der Waals surface area contributed by atoms with Gasteiger partial charge in [0.15, 0.2) is 0 Å². The molecule has 0 spiro atoms. The summed E-state index contributed by atoms with van der Waals surface area (Å²) >= 11 is 4.37. The standard InChI is InChI=1S/C15H21NOS/c1-2-12-6-5-10-16(11-9-12)15(17)13-7-3-4-8-14(13)18/h3-4,7-8,12,18H,2,5-6,9-11H2,1H3. The molecule has 2 nitrogen and oxygen atoms in total. The first kappa shape index (κ1) is 13.5. The Bertz CT molecular complexity index is 419. The van der Waals surface area contributed by atoms with Crippen LogP contribution in [0.5, 0.6) is 0 Å². The van der Waals surface area contributed by atoms with Gasteiger partial charge >= 0.3 is 0 Å². The Balaban J connectivity index is 2.08. The van der Waals surface area contributed by atoms with Crippen molar-refractivity contribution in [3.05, 3.63) is 29.8 Å². The van der Waals surface area contributed by atoms with Gasteiger partial charge in [-0.15, -0.1) is 12.6 Å². The Hall–Kier alpha value is -0.960. The van der Waals surface area contributed by atoms with E-state index in [2.05, 4.69) is 19.6 Å². The van der Waals surface area contributed by atoms with Gasteiger partial charge in [-0.1, -0.05) is 25.5 Å². The molecule has 18 heavy (non-hydrogen) atoms. The van der Waals surface area contributed by atoms with Crippen molar-refractivity contribution in [3.8, 4) is 0 Å². The fraction of sp³-hybridized carbons (Fsp3) is 0.533. The topological polar surface area (TPSA) is 20.3 Å². The van der Waals surface area contributed by atoms with Gasteiger partial charge in [-0.2, -0.15) is 0 Å². The molecule has 3 heteroatoms. The number of thiol groups is 1. The summed E-state index contributed by atoms with van der Waals surface area (Å²) in [4.78, 5) is 15.2. The Morgan fingerprint density at radius 3 is 2.83 bits per heavy atom. The molecule has 0 saturated carbocycles. The molecule has 1 saturated heterocycles. The van der Waals surface area contributed by atoms with Crippen molar-refractivity contribution < 1.29 is 4.79 Å². The molecule has 0 bridgehead atoms. The molecule has 98 valence electrons. The lowest BCUT2D eigenvalue weighted by Gasteiger charge is -2.21. The minimum atomic E-state index is 0.136. The van der Waals surface area contributed by atoms with Crippen LogP contribution in [-0.2, 0) is 0 Å². The summed E-state index contributed by atoms with van der Waals surface area (Å²) in [5, 5.41) is 0. The SMILES string of the molecule is CCC1CCCN(C(=O)c2ccccc2S)CC1. The fourth-order valence-corrected chi connectivity index (χ4v) is 2.86. The van der Waals surface area contributed by atoms with Crippen molar-refractivity contribution in [2.24, 2.45) is 5.92 Å². The van der Waals surface area contributed by atoms with Crippen LogP contribution in [0.15, 0.2) is 29.2 Å². The Morgan fingerprint density at radius 1 is 1.33 bits per heavy atom. The van der Waals surface area contributed by atoms with Gasteiger partial charge in [-0.25, -0.2) is 0 Å². The van der Waals surface area contributed by atoms with E-state index < -0.39 is 0 Å². The zero-order chi connectivity index (χ0) is 13.0. The number of amides is 1. The highest BCUT2D eigenvalue weighted by Crippen LogP contribution is 2.22. The van der Waals surface area contributed by atoms with Crippen molar-refractivity contribution in [2.75, 3.05) is 13.1 Å². The van der Waals surface area contributed by atoms with Gasteiger partial charge in [0.25, 0.3) is 5.91 Å². The van der Waals surface area contributed by atoms with E-state index in [0.29, 0.717) is 0 Å². The van der Waals surface area contributed by atoms with Gasteiger partial charge in [0.2, 0.25) is 0 Å². The third-order valence-electron chi connectivity index (χ3n) is 3.85. The smallest absolute Gasteiger partial charge is 0.254 e. The van der Waals surface area contributed by atoms with Gasteiger partial charge < -0.3 is 4.90 Å². The third kappa shape index (κ3) is 3.08. The van der Waals surface area contributed by atoms with Crippen LogP contribution in [0.2, 0.25) is 0 Å². The Labute approximate surface area is 115 Å². The van der Waals surface area contributed by atoms with Gasteiger partial charge in [0, 0.05) is 18.0 Å². The minimum absolute atomic E-state index is 0.136. The molecule has 1 fully saturated rings. The summed E-state index contributed by atoms with van der Waals surface area (Å²) in [6.07, 6.45) is 4.74. The Morgan fingerprint density at radius 2 is 2.11 bits per heavy atom. The number of carbonyl (C=O) groups is 1. The molecule has 1 unspecified atom stereocenters. The summed E-state index contributed by atoms with van der Waals surface area (Å²) in [6.45, 7) is 4.02. The first-order chi connectivity index (χ1) is 8.72. The van der Waals surface area contributed by atoms with Crippen LogP contribution in [0.3, 0.4) is 0 Å². The average molecular weight is 263 g/mol. The molecule has 0 radical (unpaired) electrons. The maximum Gasteiger partial charge on any atom is 0.254 e. The van der Waals surface area contributed by atoms with E-state index >= 15 is 0 Å². The van der Waals surface area contributed by atoms with Crippen LogP contribution in [-0.4, -0.2) is 23.9 Å². The largest absolute Gasteiger partial charge is 0.339 e. The number of nitrogens with zero attached hydrogens (tertiary/aromatic N) is 1. The maximum absolute atomic E-state index is 12.4. The van der Waals surface area contributed by atoms with Crippen molar-refractivity contribution in [1.82, 2.24) is 4.90 Å². The van der Waals surface area contributed by atoms with E-state index in [-0.39, 0.29) is 5.91 Å². The number of likely N-dealkylation sites (tertiary alicyclic amines) is 1. The molecule has 1 aliphatic rings. The van der Waals surface area contributed by atoms with Crippen molar-refractivity contribution in [2.45, 2.75) is 37.5 Å². The Kier molecular flexibility index (Phi) is 4.70. The summed E-state index contributed by atoms with van der Waals surface area (Å²) in [7, 11) is 0. The molecule has 1 aromatic carbocycles. The molecule has 0 aliphatic carbocycles. The predicted octanol–water partition coefficient (Wildman–Crippen LogP) is 3.63. The van der Waals surface area contributed by atoms with Gasteiger partial charge in [0.05, 0.1) is 5.56 Å². The molecule has 0 N–H and O–H groups in total. The second-order valence-electron chi connectivity index (χ2n) is 5.01. The second kappa shape index (κ2) is 6.28. The molecule has 2 rings (SSSR count). The first-order valence-electron chi connectivity index (χ1n) is 6.79. The van der Waals surface area contributed by atoms with Crippen molar-refractivity contribution in [3.63, 3.8) is 0 Å². The minimum Gasteiger partial charge on any atom is -0.339 e. The number of rotatable bonds is 2. The zero-order valence-corrected chi connectivity index (χ0v) is 11.8. The summed E-state index contributed by atoms with van der Waals surface area (Å²) in [6, 6.07) is 7.56. The van der Waals surface area contributed by atoms with Gasteiger partial charge in [-0.05, 0) is 37.3 Å². The lowest BCUT2D eigenvalue weighted by molar-refractivity contribution is 0.0756.